The van der Waals surface area contributed by atoms with Gasteiger partial charge in [-0.05, 0) is 30.7 Å². The van der Waals surface area contributed by atoms with Gasteiger partial charge in [-0.15, -0.1) is 24.0 Å². The van der Waals surface area contributed by atoms with Crippen molar-refractivity contribution in [2.75, 3.05) is 52.5 Å². The first-order valence-electron chi connectivity index (χ1n) is 9.24. The summed E-state index contributed by atoms with van der Waals surface area (Å²) in [4.78, 5) is 7.22. The van der Waals surface area contributed by atoms with Crippen molar-refractivity contribution in [3.8, 4) is 0 Å². The van der Waals surface area contributed by atoms with Crippen LogP contribution in [0.4, 0.5) is 0 Å². The maximum absolute atomic E-state index is 5.39. The number of benzene rings is 1. The lowest BCUT2D eigenvalue weighted by atomic mass is 10.1. The summed E-state index contributed by atoms with van der Waals surface area (Å²) in [5.74, 6) is 2.35. The van der Waals surface area contributed by atoms with Crippen LogP contribution in [0.5, 0.6) is 0 Å². The van der Waals surface area contributed by atoms with Crippen LogP contribution in [0.3, 0.4) is 0 Å². The quantitative estimate of drug-likeness (QED) is 0.374. The largest absolute Gasteiger partial charge is 0.379 e. The number of aliphatic imine (C=N–C) groups is 1. The van der Waals surface area contributed by atoms with Crippen LogP contribution < -0.4 is 10.6 Å². The molecule has 0 aromatic heterocycles. The molecule has 0 amide bonds. The third-order valence-corrected chi connectivity index (χ3v) is 4.80. The highest BCUT2D eigenvalue weighted by Gasteiger charge is 2.37. The lowest BCUT2D eigenvalue weighted by molar-refractivity contribution is 0.0389. The Balaban J connectivity index is 0.00000225. The summed E-state index contributed by atoms with van der Waals surface area (Å²) in [5, 5.41) is 6.82. The van der Waals surface area contributed by atoms with Gasteiger partial charge in [0, 0.05) is 39.3 Å². The minimum atomic E-state index is 0. The van der Waals surface area contributed by atoms with Crippen molar-refractivity contribution in [2.45, 2.75) is 19.3 Å². The van der Waals surface area contributed by atoms with Crippen LogP contribution in [0.1, 0.15) is 24.8 Å². The van der Waals surface area contributed by atoms with Crippen molar-refractivity contribution in [3.63, 3.8) is 0 Å². The number of halogens is 1. The first-order chi connectivity index (χ1) is 11.9. The highest BCUT2D eigenvalue weighted by atomic mass is 127. The maximum atomic E-state index is 5.39. The van der Waals surface area contributed by atoms with Crippen molar-refractivity contribution < 1.29 is 4.74 Å². The molecule has 0 bridgehead atoms. The SMILES string of the molecule is CCNC(=NCC1CC1c1ccccc1)NCCN1CCOCC1.I. The molecule has 5 nitrogen and oxygen atoms in total. The standard InChI is InChI=1S/C19H30N4O.HI/c1-2-20-19(21-8-9-23-10-12-24-13-11-23)22-15-17-14-18(17)16-6-4-3-5-7-16;/h3-7,17-18H,2,8-15H2,1H3,(H2,20,21,22);1H. The zero-order valence-corrected chi connectivity index (χ0v) is 17.4. The molecule has 1 saturated heterocycles. The average Bonchev–Trinajstić information content (AvgIpc) is 3.41. The van der Waals surface area contributed by atoms with Gasteiger partial charge >= 0.3 is 0 Å². The third-order valence-electron chi connectivity index (χ3n) is 4.80. The molecule has 6 heteroatoms. The molecule has 2 aliphatic rings. The van der Waals surface area contributed by atoms with Crippen molar-refractivity contribution >= 4 is 29.9 Å². The molecule has 2 fully saturated rings. The fraction of sp³-hybridized carbons (Fsp3) is 0.632. The maximum Gasteiger partial charge on any atom is 0.191 e. The molecule has 1 heterocycles. The predicted molar refractivity (Wildman–Crippen MR) is 114 cm³/mol. The molecule has 1 saturated carbocycles. The van der Waals surface area contributed by atoms with Crippen molar-refractivity contribution in [1.82, 2.24) is 15.5 Å². The van der Waals surface area contributed by atoms with E-state index in [1.165, 1.54) is 12.0 Å². The van der Waals surface area contributed by atoms with Crippen molar-refractivity contribution in [1.29, 1.82) is 0 Å². The first kappa shape index (κ1) is 20.5. The van der Waals surface area contributed by atoms with E-state index in [4.69, 9.17) is 9.73 Å². The van der Waals surface area contributed by atoms with E-state index in [1.54, 1.807) is 0 Å². The lowest BCUT2D eigenvalue weighted by Gasteiger charge is -2.26. The Morgan fingerprint density at radius 2 is 1.96 bits per heavy atom. The number of nitrogens with one attached hydrogen (secondary N) is 2. The topological polar surface area (TPSA) is 48.9 Å². The van der Waals surface area contributed by atoms with E-state index in [2.05, 4.69) is 52.8 Å². The Bertz CT molecular complexity index is 519. The van der Waals surface area contributed by atoms with E-state index in [1.807, 2.05) is 0 Å². The Kier molecular flexibility index (Phi) is 8.98. The molecular weight excluding hydrogens is 427 g/mol. The summed E-state index contributed by atoms with van der Waals surface area (Å²) in [6, 6.07) is 10.8. The Morgan fingerprint density at radius 3 is 2.68 bits per heavy atom. The molecular formula is C19H31IN4O. The highest BCUT2D eigenvalue weighted by molar-refractivity contribution is 14.0. The second-order valence-corrected chi connectivity index (χ2v) is 6.61. The van der Waals surface area contributed by atoms with E-state index in [-0.39, 0.29) is 24.0 Å². The molecule has 0 spiro atoms. The van der Waals surface area contributed by atoms with Crippen LogP contribution in [0.2, 0.25) is 0 Å². The monoisotopic (exact) mass is 458 g/mol. The lowest BCUT2D eigenvalue weighted by Crippen LogP contribution is -2.44. The minimum Gasteiger partial charge on any atom is -0.379 e. The van der Waals surface area contributed by atoms with Crippen LogP contribution in [-0.4, -0.2) is 63.3 Å². The van der Waals surface area contributed by atoms with Crippen LogP contribution in [-0.2, 0) is 4.74 Å². The Hall–Kier alpha value is -0.860. The number of rotatable bonds is 7. The molecule has 1 aromatic rings. The number of morpholine rings is 1. The van der Waals surface area contributed by atoms with E-state index in [9.17, 15) is 0 Å². The minimum absolute atomic E-state index is 0. The fourth-order valence-corrected chi connectivity index (χ4v) is 3.27. The van der Waals surface area contributed by atoms with E-state index in [0.717, 1.165) is 58.4 Å². The number of ether oxygens (including phenoxy) is 1. The second-order valence-electron chi connectivity index (χ2n) is 6.61. The molecule has 1 aliphatic heterocycles. The molecule has 2 unspecified atom stereocenters. The Labute approximate surface area is 168 Å². The summed E-state index contributed by atoms with van der Waals surface area (Å²) in [6.45, 7) is 9.69. The Morgan fingerprint density at radius 1 is 1.20 bits per heavy atom. The van der Waals surface area contributed by atoms with Crippen molar-refractivity contribution in [2.24, 2.45) is 10.9 Å². The zero-order valence-electron chi connectivity index (χ0n) is 15.1. The van der Waals surface area contributed by atoms with E-state index in [0.29, 0.717) is 11.8 Å². The van der Waals surface area contributed by atoms with E-state index >= 15 is 0 Å². The van der Waals surface area contributed by atoms with Gasteiger partial charge in [-0.1, -0.05) is 30.3 Å². The summed E-state index contributed by atoms with van der Waals surface area (Å²) >= 11 is 0. The highest BCUT2D eigenvalue weighted by Crippen LogP contribution is 2.47. The van der Waals surface area contributed by atoms with Gasteiger partial charge in [0.25, 0.3) is 0 Å². The van der Waals surface area contributed by atoms with Gasteiger partial charge < -0.3 is 15.4 Å². The van der Waals surface area contributed by atoms with E-state index < -0.39 is 0 Å². The molecule has 0 radical (unpaired) electrons. The van der Waals surface area contributed by atoms with Gasteiger partial charge in [0.05, 0.1) is 13.2 Å². The normalized spacial score (nSPS) is 23.6. The van der Waals surface area contributed by atoms with Crippen LogP contribution in [0.15, 0.2) is 35.3 Å². The second kappa shape index (κ2) is 11.0. The third kappa shape index (κ3) is 6.75. The fourth-order valence-electron chi connectivity index (χ4n) is 3.27. The smallest absolute Gasteiger partial charge is 0.191 e. The van der Waals surface area contributed by atoms with Gasteiger partial charge in [0.1, 0.15) is 0 Å². The predicted octanol–water partition coefficient (Wildman–Crippen LogP) is 2.30. The molecule has 1 aliphatic carbocycles. The number of nitrogens with zero attached hydrogens (tertiary/aromatic N) is 2. The first-order valence-corrected chi connectivity index (χ1v) is 9.24. The zero-order chi connectivity index (χ0) is 16.6. The van der Waals surface area contributed by atoms with Gasteiger partial charge in [0.15, 0.2) is 5.96 Å². The molecule has 3 rings (SSSR count). The average molecular weight is 458 g/mol. The van der Waals surface area contributed by atoms with Gasteiger partial charge in [0.2, 0.25) is 0 Å². The van der Waals surface area contributed by atoms with Gasteiger partial charge in [-0.25, -0.2) is 0 Å². The van der Waals surface area contributed by atoms with Crippen molar-refractivity contribution in [3.05, 3.63) is 35.9 Å². The summed E-state index contributed by atoms with van der Waals surface area (Å²) in [7, 11) is 0. The summed E-state index contributed by atoms with van der Waals surface area (Å²) in [6.07, 6.45) is 1.26. The van der Waals surface area contributed by atoms with Gasteiger partial charge in [-0.3, -0.25) is 9.89 Å². The van der Waals surface area contributed by atoms with Crippen LogP contribution in [0.25, 0.3) is 0 Å². The molecule has 140 valence electrons. The number of guanidine groups is 1. The summed E-state index contributed by atoms with van der Waals surface area (Å²) in [5.41, 5.74) is 1.46. The molecule has 2 N–H and O–H groups in total. The molecule has 25 heavy (non-hydrogen) atoms. The summed E-state index contributed by atoms with van der Waals surface area (Å²) < 4.78 is 5.39. The number of hydrogen-bond donors (Lipinski definition) is 2. The van der Waals surface area contributed by atoms with Crippen LogP contribution in [0, 0.1) is 5.92 Å². The van der Waals surface area contributed by atoms with Gasteiger partial charge in [-0.2, -0.15) is 0 Å². The molecule has 2 atom stereocenters. The molecule has 1 aromatic carbocycles. The van der Waals surface area contributed by atoms with Crippen LogP contribution >= 0.6 is 24.0 Å². The number of hydrogen-bond acceptors (Lipinski definition) is 3.